The molecule has 3 aromatic rings. The summed E-state index contributed by atoms with van der Waals surface area (Å²) in [6, 6.07) is 21.5. The number of hydrogen-bond donors (Lipinski definition) is 2. The van der Waals surface area contributed by atoms with Gasteiger partial charge in [0.15, 0.2) is 6.54 Å². The van der Waals surface area contributed by atoms with Gasteiger partial charge < -0.3 is 15.5 Å². The summed E-state index contributed by atoms with van der Waals surface area (Å²) in [5.74, 6) is -0.121. The third kappa shape index (κ3) is 5.55. The minimum absolute atomic E-state index is 0.0236. The topological polar surface area (TPSA) is 66.0 Å². The number of amides is 2. The van der Waals surface area contributed by atoms with Gasteiger partial charge in [0.2, 0.25) is 0 Å². The number of nitrogens with zero attached hydrogens (tertiary/aromatic N) is 1. The van der Waals surface area contributed by atoms with Gasteiger partial charge in [-0.25, -0.2) is 0 Å². The van der Waals surface area contributed by atoms with Crippen molar-refractivity contribution in [2.75, 3.05) is 25.0 Å². The molecule has 0 aliphatic rings. The van der Waals surface area contributed by atoms with Crippen LogP contribution in [0.4, 0.5) is 5.69 Å². The molecule has 6 heteroatoms. The lowest BCUT2D eigenvalue weighted by Crippen LogP contribution is -2.87. The maximum atomic E-state index is 12.6. The molecule has 1 aromatic heterocycles. The lowest BCUT2D eigenvalue weighted by Gasteiger charge is -2.19. The molecule has 1 heterocycles. The third-order valence-corrected chi connectivity index (χ3v) is 5.95. The van der Waals surface area contributed by atoms with Crippen LogP contribution in [0.25, 0.3) is 0 Å². The normalized spacial score (nSPS) is 11.7. The Hall–Kier alpha value is -2.96. The maximum Gasteiger partial charge on any atom is 0.279 e. The number of thiophene rings is 1. The Morgan fingerprint density at radius 2 is 1.77 bits per heavy atom. The van der Waals surface area contributed by atoms with Gasteiger partial charge in [-0.05, 0) is 43.5 Å². The Bertz CT molecular complexity index is 954. The van der Waals surface area contributed by atoms with Crippen molar-refractivity contribution in [2.45, 2.75) is 19.9 Å². The number of nitrogens with one attached hydrogen (secondary N) is 1. The zero-order valence-corrected chi connectivity index (χ0v) is 18.2. The van der Waals surface area contributed by atoms with E-state index in [2.05, 4.69) is 28.9 Å². The van der Waals surface area contributed by atoms with E-state index >= 15 is 0 Å². The molecule has 2 aromatic carbocycles. The Labute approximate surface area is 181 Å². The van der Waals surface area contributed by atoms with Crippen LogP contribution in [0.1, 0.15) is 40.7 Å². The fraction of sp³-hybridized carbons (Fsp3) is 0.250. The molecule has 0 aliphatic carbocycles. The van der Waals surface area contributed by atoms with Crippen LogP contribution in [-0.2, 0) is 4.79 Å². The molecule has 30 heavy (non-hydrogen) atoms. The second kappa shape index (κ2) is 10.7. The summed E-state index contributed by atoms with van der Waals surface area (Å²) >= 11 is 1.69. The van der Waals surface area contributed by atoms with Gasteiger partial charge in [0, 0.05) is 29.9 Å². The second-order valence-electron chi connectivity index (χ2n) is 6.95. The van der Waals surface area contributed by atoms with E-state index in [0.29, 0.717) is 24.3 Å². The summed E-state index contributed by atoms with van der Waals surface area (Å²) in [6.07, 6.45) is 0. The van der Waals surface area contributed by atoms with Gasteiger partial charge in [0.05, 0.1) is 4.88 Å². The number of benzene rings is 2. The van der Waals surface area contributed by atoms with E-state index in [1.165, 1.54) is 10.4 Å². The molecule has 156 valence electrons. The van der Waals surface area contributed by atoms with Crippen LogP contribution in [0.15, 0.2) is 72.1 Å². The van der Waals surface area contributed by atoms with Gasteiger partial charge in [0.25, 0.3) is 11.8 Å². The quantitative estimate of drug-likeness (QED) is 0.554. The average Bonchev–Trinajstić information content (AvgIpc) is 3.30. The number of carbonyl (C=O) groups excluding carboxylic acids is 2. The van der Waals surface area contributed by atoms with Crippen LogP contribution in [-0.4, -0.2) is 36.3 Å². The molecule has 2 amide bonds. The fourth-order valence-electron chi connectivity index (χ4n) is 3.41. The standard InChI is InChI=1S/C24H27N3O2S/c1-3-27(4-2)24(29)19-12-8-13-20(16-19)26-22(28)17-25-23(21-14-9-15-30-21)18-10-6-5-7-11-18/h5-16,23,25H,3-4,17H2,1-2H3,(H,26,28)/p+1/t23-/m0/s1. The highest BCUT2D eigenvalue weighted by molar-refractivity contribution is 7.10. The zero-order valence-electron chi connectivity index (χ0n) is 17.4. The molecule has 0 radical (unpaired) electrons. The molecule has 0 spiro atoms. The van der Waals surface area contributed by atoms with E-state index in [1.54, 1.807) is 34.4 Å². The largest absolute Gasteiger partial charge is 0.339 e. The monoisotopic (exact) mass is 422 g/mol. The van der Waals surface area contributed by atoms with Gasteiger partial charge in [-0.15, -0.1) is 11.3 Å². The molecule has 0 aliphatic heterocycles. The van der Waals surface area contributed by atoms with Crippen molar-refractivity contribution in [3.8, 4) is 0 Å². The Morgan fingerprint density at radius 3 is 2.43 bits per heavy atom. The lowest BCUT2D eigenvalue weighted by molar-refractivity contribution is -0.675. The first-order valence-corrected chi connectivity index (χ1v) is 11.1. The van der Waals surface area contributed by atoms with Crippen LogP contribution in [0.3, 0.4) is 0 Å². The van der Waals surface area contributed by atoms with Crippen molar-refractivity contribution in [1.29, 1.82) is 0 Å². The summed E-state index contributed by atoms with van der Waals surface area (Å²) in [7, 11) is 0. The molecular weight excluding hydrogens is 394 g/mol. The number of nitrogens with two attached hydrogens (primary N) is 1. The van der Waals surface area contributed by atoms with E-state index in [0.717, 1.165) is 0 Å². The smallest absolute Gasteiger partial charge is 0.279 e. The zero-order chi connectivity index (χ0) is 21.3. The highest BCUT2D eigenvalue weighted by Gasteiger charge is 2.20. The molecular formula is C24H28N3O2S+. The van der Waals surface area contributed by atoms with Crippen molar-refractivity contribution in [1.82, 2.24) is 4.90 Å². The summed E-state index contributed by atoms with van der Waals surface area (Å²) in [6.45, 7) is 5.51. The van der Waals surface area contributed by atoms with Crippen LogP contribution >= 0.6 is 11.3 Å². The van der Waals surface area contributed by atoms with Gasteiger partial charge in [0.1, 0.15) is 6.04 Å². The van der Waals surface area contributed by atoms with E-state index in [4.69, 9.17) is 0 Å². The molecule has 0 unspecified atom stereocenters. The third-order valence-electron chi connectivity index (χ3n) is 4.99. The van der Waals surface area contributed by atoms with Crippen molar-refractivity contribution in [3.63, 3.8) is 0 Å². The number of rotatable bonds is 9. The van der Waals surface area contributed by atoms with E-state index < -0.39 is 0 Å². The number of hydrogen-bond acceptors (Lipinski definition) is 3. The molecule has 0 fully saturated rings. The SMILES string of the molecule is CCN(CC)C(=O)c1cccc(NC(=O)C[NH2+][C@@H](c2ccccc2)c2cccs2)c1. The van der Waals surface area contributed by atoms with Gasteiger partial charge in [-0.3, -0.25) is 9.59 Å². The van der Waals surface area contributed by atoms with Crippen molar-refractivity contribution in [2.24, 2.45) is 0 Å². The average molecular weight is 423 g/mol. The molecule has 0 saturated carbocycles. The van der Waals surface area contributed by atoms with Gasteiger partial charge in [-0.1, -0.05) is 42.5 Å². The molecule has 0 saturated heterocycles. The summed E-state index contributed by atoms with van der Waals surface area (Å²) < 4.78 is 0. The predicted octanol–water partition coefficient (Wildman–Crippen LogP) is 3.52. The number of anilines is 1. The Kier molecular flexibility index (Phi) is 7.76. The lowest BCUT2D eigenvalue weighted by atomic mass is 10.1. The van der Waals surface area contributed by atoms with E-state index in [-0.39, 0.29) is 24.4 Å². The molecule has 3 rings (SSSR count). The summed E-state index contributed by atoms with van der Waals surface area (Å²) in [5, 5.41) is 7.02. The van der Waals surface area contributed by atoms with Crippen molar-refractivity contribution < 1.29 is 14.9 Å². The summed E-state index contributed by atoms with van der Waals surface area (Å²) in [4.78, 5) is 28.1. The van der Waals surface area contributed by atoms with Gasteiger partial charge in [-0.2, -0.15) is 0 Å². The maximum absolute atomic E-state index is 12.6. The first-order valence-electron chi connectivity index (χ1n) is 10.2. The minimum atomic E-state index is -0.0973. The fourth-order valence-corrected chi connectivity index (χ4v) is 4.26. The first kappa shape index (κ1) is 21.7. The predicted molar refractivity (Wildman–Crippen MR) is 122 cm³/mol. The van der Waals surface area contributed by atoms with Crippen LogP contribution < -0.4 is 10.6 Å². The highest BCUT2D eigenvalue weighted by atomic mass is 32.1. The van der Waals surface area contributed by atoms with Crippen LogP contribution in [0, 0.1) is 0 Å². The number of carbonyl (C=O) groups is 2. The summed E-state index contributed by atoms with van der Waals surface area (Å²) in [5.41, 5.74) is 2.39. The van der Waals surface area contributed by atoms with E-state index in [9.17, 15) is 9.59 Å². The van der Waals surface area contributed by atoms with Crippen molar-refractivity contribution in [3.05, 3.63) is 88.1 Å². The van der Waals surface area contributed by atoms with Crippen LogP contribution in [0.2, 0.25) is 0 Å². The first-order chi connectivity index (χ1) is 14.6. The van der Waals surface area contributed by atoms with Gasteiger partial charge >= 0.3 is 0 Å². The Balaban J connectivity index is 1.65. The van der Waals surface area contributed by atoms with Crippen LogP contribution in [0.5, 0.6) is 0 Å². The molecule has 0 bridgehead atoms. The Morgan fingerprint density at radius 1 is 1.00 bits per heavy atom. The molecule has 1 atom stereocenters. The van der Waals surface area contributed by atoms with Crippen molar-refractivity contribution >= 4 is 28.8 Å². The van der Waals surface area contributed by atoms with E-state index in [1.807, 2.05) is 49.5 Å². The molecule has 5 nitrogen and oxygen atoms in total. The second-order valence-corrected chi connectivity index (χ2v) is 7.93. The highest BCUT2D eigenvalue weighted by Crippen LogP contribution is 2.22. The molecule has 3 N–H and O–H groups in total. The number of quaternary nitrogens is 1. The minimum Gasteiger partial charge on any atom is -0.339 e.